The second-order valence-electron chi connectivity index (χ2n) is 8.05. The Labute approximate surface area is 150 Å². The summed E-state index contributed by atoms with van der Waals surface area (Å²) in [5, 5.41) is 3.04. The quantitative estimate of drug-likeness (QED) is 0.910. The van der Waals surface area contributed by atoms with E-state index in [-0.39, 0.29) is 11.3 Å². The summed E-state index contributed by atoms with van der Waals surface area (Å²) in [6.45, 7) is 8.00. The van der Waals surface area contributed by atoms with Crippen molar-refractivity contribution in [1.29, 1.82) is 0 Å². The maximum Gasteiger partial charge on any atom is 0.238 e. The van der Waals surface area contributed by atoms with Crippen LogP contribution in [0, 0.1) is 0 Å². The van der Waals surface area contributed by atoms with E-state index >= 15 is 0 Å². The van der Waals surface area contributed by atoms with Crippen molar-refractivity contribution in [2.75, 3.05) is 18.4 Å². The Balaban J connectivity index is 1.61. The van der Waals surface area contributed by atoms with E-state index in [1.807, 2.05) is 12.1 Å². The van der Waals surface area contributed by atoms with Crippen LogP contribution < -0.4 is 5.32 Å². The van der Waals surface area contributed by atoms with Gasteiger partial charge in [-0.1, -0.05) is 32.9 Å². The molecule has 0 bridgehead atoms. The minimum Gasteiger partial charge on any atom is -0.353 e. The summed E-state index contributed by atoms with van der Waals surface area (Å²) in [4.78, 5) is 14.8. The number of aromatic nitrogens is 1. The van der Waals surface area contributed by atoms with Gasteiger partial charge in [0.2, 0.25) is 5.91 Å². The number of amides is 1. The third-order valence-corrected chi connectivity index (χ3v) is 5.07. The first-order valence-corrected chi connectivity index (χ1v) is 9.10. The van der Waals surface area contributed by atoms with E-state index in [2.05, 4.69) is 73.1 Å². The topological polar surface area (TPSA) is 37.3 Å². The number of nitrogens with zero attached hydrogens (tertiary/aromatic N) is 2. The van der Waals surface area contributed by atoms with Gasteiger partial charge in [-0.05, 0) is 54.6 Å². The van der Waals surface area contributed by atoms with Crippen LogP contribution in [0.1, 0.15) is 50.9 Å². The molecular formula is C21H29N3O. The van der Waals surface area contributed by atoms with E-state index < -0.39 is 0 Å². The fourth-order valence-corrected chi connectivity index (χ4v) is 3.61. The van der Waals surface area contributed by atoms with E-state index in [9.17, 15) is 4.79 Å². The molecule has 2 heterocycles. The number of carbonyl (C=O) groups excluding carboxylic acids is 1. The number of likely N-dealkylation sites (tertiary alicyclic amines) is 1. The van der Waals surface area contributed by atoms with Gasteiger partial charge in [0, 0.05) is 24.6 Å². The molecule has 1 aliphatic rings. The van der Waals surface area contributed by atoms with Crippen LogP contribution in [-0.4, -0.2) is 28.5 Å². The molecule has 1 aromatic heterocycles. The highest BCUT2D eigenvalue weighted by Crippen LogP contribution is 2.31. The van der Waals surface area contributed by atoms with Gasteiger partial charge in [0.05, 0.1) is 12.6 Å². The molecule has 1 fully saturated rings. The van der Waals surface area contributed by atoms with Crippen LogP contribution in [0.25, 0.3) is 0 Å². The molecule has 1 N–H and O–H groups in total. The van der Waals surface area contributed by atoms with Crippen LogP contribution >= 0.6 is 0 Å². The van der Waals surface area contributed by atoms with Gasteiger partial charge >= 0.3 is 0 Å². The van der Waals surface area contributed by atoms with E-state index in [1.165, 1.54) is 11.3 Å². The smallest absolute Gasteiger partial charge is 0.238 e. The Bertz CT molecular complexity index is 724. The Morgan fingerprint density at radius 2 is 1.92 bits per heavy atom. The Morgan fingerprint density at radius 3 is 2.52 bits per heavy atom. The Hall–Kier alpha value is -2.07. The maximum atomic E-state index is 12.5. The molecule has 0 saturated carbocycles. The first kappa shape index (κ1) is 17.7. The van der Waals surface area contributed by atoms with Crippen molar-refractivity contribution in [1.82, 2.24) is 9.47 Å². The average molecular weight is 339 g/mol. The molecule has 3 rings (SSSR count). The zero-order chi connectivity index (χ0) is 18.0. The normalized spacial score (nSPS) is 18.5. The van der Waals surface area contributed by atoms with Crippen molar-refractivity contribution in [3.63, 3.8) is 0 Å². The molecule has 4 nitrogen and oxygen atoms in total. The van der Waals surface area contributed by atoms with Crippen LogP contribution in [-0.2, 0) is 17.3 Å². The molecule has 0 spiro atoms. The molecule has 1 atom stereocenters. The van der Waals surface area contributed by atoms with Crippen molar-refractivity contribution >= 4 is 11.6 Å². The SMILES string of the molecule is Cn1cccc1[C@@H]1CCCN1CC(=O)Nc1ccc(C(C)(C)C)cc1. The number of hydrogen-bond donors (Lipinski definition) is 1. The third-order valence-electron chi connectivity index (χ3n) is 5.07. The lowest BCUT2D eigenvalue weighted by molar-refractivity contribution is -0.117. The Morgan fingerprint density at radius 1 is 1.20 bits per heavy atom. The number of nitrogens with one attached hydrogen (secondary N) is 1. The maximum absolute atomic E-state index is 12.5. The number of benzene rings is 1. The summed E-state index contributed by atoms with van der Waals surface area (Å²) in [6.07, 6.45) is 4.33. The number of carbonyl (C=O) groups is 1. The summed E-state index contributed by atoms with van der Waals surface area (Å²) in [6, 6.07) is 12.8. The van der Waals surface area contributed by atoms with Gasteiger partial charge in [0.25, 0.3) is 0 Å². The van der Waals surface area contributed by atoms with E-state index in [0.29, 0.717) is 12.6 Å². The monoisotopic (exact) mass is 339 g/mol. The van der Waals surface area contributed by atoms with Crippen molar-refractivity contribution < 1.29 is 4.79 Å². The number of rotatable bonds is 4. The van der Waals surface area contributed by atoms with E-state index in [0.717, 1.165) is 25.1 Å². The van der Waals surface area contributed by atoms with Crippen molar-refractivity contribution in [2.45, 2.75) is 45.1 Å². The number of anilines is 1. The van der Waals surface area contributed by atoms with Gasteiger partial charge in [-0.2, -0.15) is 0 Å². The molecule has 2 aromatic rings. The number of hydrogen-bond acceptors (Lipinski definition) is 2. The second kappa shape index (κ2) is 7.04. The van der Waals surface area contributed by atoms with Crippen LogP contribution in [0.2, 0.25) is 0 Å². The Kier molecular flexibility index (Phi) is 5.00. The summed E-state index contributed by atoms with van der Waals surface area (Å²) in [5.41, 5.74) is 3.56. The summed E-state index contributed by atoms with van der Waals surface area (Å²) >= 11 is 0. The molecule has 4 heteroatoms. The van der Waals surface area contributed by atoms with Gasteiger partial charge in [-0.15, -0.1) is 0 Å². The largest absolute Gasteiger partial charge is 0.353 e. The molecule has 1 aromatic carbocycles. The van der Waals surface area contributed by atoms with Gasteiger partial charge < -0.3 is 9.88 Å². The van der Waals surface area contributed by atoms with Crippen LogP contribution in [0.4, 0.5) is 5.69 Å². The van der Waals surface area contributed by atoms with Gasteiger partial charge in [-0.3, -0.25) is 9.69 Å². The minimum atomic E-state index is 0.0598. The predicted molar refractivity (Wildman–Crippen MR) is 103 cm³/mol. The van der Waals surface area contributed by atoms with E-state index in [4.69, 9.17) is 0 Å². The van der Waals surface area contributed by atoms with Crippen LogP contribution in [0.3, 0.4) is 0 Å². The lowest BCUT2D eigenvalue weighted by Gasteiger charge is -2.24. The molecule has 0 unspecified atom stereocenters. The molecular weight excluding hydrogens is 310 g/mol. The number of aryl methyl sites for hydroxylation is 1. The van der Waals surface area contributed by atoms with Crippen molar-refractivity contribution in [3.05, 3.63) is 53.9 Å². The zero-order valence-electron chi connectivity index (χ0n) is 15.7. The average Bonchev–Trinajstić information content (AvgIpc) is 3.15. The highest BCUT2D eigenvalue weighted by Gasteiger charge is 2.28. The molecule has 0 aliphatic carbocycles. The first-order valence-electron chi connectivity index (χ1n) is 9.10. The van der Waals surface area contributed by atoms with Crippen LogP contribution in [0.5, 0.6) is 0 Å². The van der Waals surface area contributed by atoms with Crippen molar-refractivity contribution in [2.24, 2.45) is 7.05 Å². The summed E-state index contributed by atoms with van der Waals surface area (Å²) in [5.74, 6) is 0.0598. The van der Waals surface area contributed by atoms with Crippen molar-refractivity contribution in [3.8, 4) is 0 Å². The molecule has 0 radical (unpaired) electrons. The van der Waals surface area contributed by atoms with E-state index in [1.54, 1.807) is 0 Å². The van der Waals surface area contributed by atoms with Gasteiger partial charge in [-0.25, -0.2) is 0 Å². The van der Waals surface area contributed by atoms with Crippen LogP contribution in [0.15, 0.2) is 42.6 Å². The lowest BCUT2D eigenvalue weighted by Crippen LogP contribution is -2.33. The molecule has 1 amide bonds. The van der Waals surface area contributed by atoms with Gasteiger partial charge in [0.1, 0.15) is 0 Å². The molecule has 25 heavy (non-hydrogen) atoms. The highest BCUT2D eigenvalue weighted by atomic mass is 16.2. The molecule has 134 valence electrons. The molecule has 1 aliphatic heterocycles. The fourth-order valence-electron chi connectivity index (χ4n) is 3.61. The summed E-state index contributed by atoms with van der Waals surface area (Å²) in [7, 11) is 2.07. The lowest BCUT2D eigenvalue weighted by atomic mass is 9.87. The first-order chi connectivity index (χ1) is 11.8. The third kappa shape index (κ3) is 4.13. The predicted octanol–water partition coefficient (Wildman–Crippen LogP) is 4.10. The molecule has 1 saturated heterocycles. The minimum absolute atomic E-state index is 0.0598. The standard InChI is InChI=1S/C21H29N3O/c1-21(2,3)16-9-11-17(12-10-16)22-20(25)15-24-14-6-8-19(24)18-7-5-13-23(18)4/h5,7,9-13,19H,6,8,14-15H2,1-4H3,(H,22,25)/t19-/m0/s1. The highest BCUT2D eigenvalue weighted by molar-refractivity contribution is 5.92. The second-order valence-corrected chi connectivity index (χ2v) is 8.05. The fraction of sp³-hybridized carbons (Fsp3) is 0.476. The van der Waals surface area contributed by atoms with Gasteiger partial charge in [0.15, 0.2) is 0 Å². The summed E-state index contributed by atoms with van der Waals surface area (Å²) < 4.78 is 2.16. The zero-order valence-corrected chi connectivity index (χ0v) is 15.7.